The van der Waals surface area contributed by atoms with Gasteiger partial charge in [-0.3, -0.25) is 0 Å². The van der Waals surface area contributed by atoms with E-state index < -0.39 is 5.60 Å². The summed E-state index contributed by atoms with van der Waals surface area (Å²) < 4.78 is 0. The SMILES string of the molecule is CC(O)(c1ccsc1)C1CCCN1. The monoisotopic (exact) mass is 197 g/mol. The number of aliphatic hydroxyl groups is 1. The Labute approximate surface area is 82.6 Å². The molecule has 1 saturated heterocycles. The summed E-state index contributed by atoms with van der Waals surface area (Å²) in [7, 11) is 0. The van der Waals surface area contributed by atoms with Crippen molar-refractivity contribution in [1.29, 1.82) is 0 Å². The van der Waals surface area contributed by atoms with Gasteiger partial charge in [-0.15, -0.1) is 0 Å². The Morgan fingerprint density at radius 1 is 1.69 bits per heavy atom. The maximum Gasteiger partial charge on any atom is 0.103 e. The topological polar surface area (TPSA) is 32.3 Å². The molecule has 0 saturated carbocycles. The normalized spacial score (nSPS) is 27.4. The summed E-state index contributed by atoms with van der Waals surface area (Å²) in [6.07, 6.45) is 2.24. The van der Waals surface area contributed by atoms with Crippen LogP contribution in [0.15, 0.2) is 16.8 Å². The molecular formula is C10H15NOS. The summed E-state index contributed by atoms with van der Waals surface area (Å²) in [5.74, 6) is 0. The molecule has 0 spiro atoms. The van der Waals surface area contributed by atoms with Crippen LogP contribution < -0.4 is 5.32 Å². The van der Waals surface area contributed by atoms with Crippen molar-refractivity contribution in [2.75, 3.05) is 6.54 Å². The third-order valence-corrected chi connectivity index (χ3v) is 3.53. The van der Waals surface area contributed by atoms with Gasteiger partial charge in [0, 0.05) is 6.04 Å². The second-order valence-electron chi connectivity index (χ2n) is 3.81. The molecule has 1 aromatic heterocycles. The summed E-state index contributed by atoms with van der Waals surface area (Å²) in [4.78, 5) is 0. The third kappa shape index (κ3) is 1.64. The van der Waals surface area contributed by atoms with Crippen LogP contribution in [0.5, 0.6) is 0 Å². The van der Waals surface area contributed by atoms with E-state index in [-0.39, 0.29) is 6.04 Å². The molecule has 2 rings (SSSR count). The average molecular weight is 197 g/mol. The first-order valence-electron chi connectivity index (χ1n) is 4.69. The van der Waals surface area contributed by atoms with Crippen LogP contribution >= 0.6 is 11.3 Å². The summed E-state index contributed by atoms with van der Waals surface area (Å²) in [6, 6.07) is 2.23. The number of nitrogens with one attached hydrogen (secondary N) is 1. The van der Waals surface area contributed by atoms with Crippen molar-refractivity contribution in [3.05, 3.63) is 22.4 Å². The van der Waals surface area contributed by atoms with Gasteiger partial charge >= 0.3 is 0 Å². The molecule has 1 aliphatic rings. The maximum absolute atomic E-state index is 10.3. The lowest BCUT2D eigenvalue weighted by molar-refractivity contribution is 0.0222. The van der Waals surface area contributed by atoms with Crippen LogP contribution in [0.1, 0.15) is 25.3 Å². The number of rotatable bonds is 2. The predicted molar refractivity (Wildman–Crippen MR) is 54.9 cm³/mol. The van der Waals surface area contributed by atoms with Crippen LogP contribution in [0.3, 0.4) is 0 Å². The molecule has 0 bridgehead atoms. The maximum atomic E-state index is 10.3. The first-order chi connectivity index (χ1) is 6.21. The Hall–Kier alpha value is -0.380. The van der Waals surface area contributed by atoms with Gasteiger partial charge in [-0.05, 0) is 48.7 Å². The molecule has 0 aromatic carbocycles. The summed E-state index contributed by atoms with van der Waals surface area (Å²) in [5, 5.41) is 17.7. The fourth-order valence-corrected chi connectivity index (χ4v) is 2.69. The molecule has 2 atom stereocenters. The van der Waals surface area contributed by atoms with Crippen molar-refractivity contribution in [3.8, 4) is 0 Å². The Kier molecular flexibility index (Phi) is 2.41. The number of hydrogen-bond acceptors (Lipinski definition) is 3. The highest BCUT2D eigenvalue weighted by Crippen LogP contribution is 2.30. The van der Waals surface area contributed by atoms with Crippen LogP contribution in [0.2, 0.25) is 0 Å². The first-order valence-corrected chi connectivity index (χ1v) is 5.64. The van der Waals surface area contributed by atoms with Crippen molar-refractivity contribution >= 4 is 11.3 Å². The smallest absolute Gasteiger partial charge is 0.103 e. The van der Waals surface area contributed by atoms with Crippen LogP contribution in [0.4, 0.5) is 0 Å². The van der Waals surface area contributed by atoms with Gasteiger partial charge in [0.15, 0.2) is 0 Å². The minimum Gasteiger partial charge on any atom is -0.384 e. The molecule has 1 aliphatic heterocycles. The van der Waals surface area contributed by atoms with Crippen molar-refractivity contribution in [3.63, 3.8) is 0 Å². The standard InChI is InChI=1S/C10H15NOS/c1-10(12,8-4-6-13-7-8)9-3-2-5-11-9/h4,6-7,9,11-12H,2-3,5H2,1H3. The van der Waals surface area contributed by atoms with Crippen molar-refractivity contribution < 1.29 is 5.11 Å². The summed E-state index contributed by atoms with van der Waals surface area (Å²) >= 11 is 1.64. The van der Waals surface area contributed by atoms with Crippen molar-refractivity contribution in [2.24, 2.45) is 0 Å². The number of thiophene rings is 1. The summed E-state index contributed by atoms with van der Waals surface area (Å²) in [6.45, 7) is 2.93. The highest BCUT2D eigenvalue weighted by molar-refractivity contribution is 7.08. The van der Waals surface area contributed by atoms with E-state index in [1.54, 1.807) is 11.3 Å². The van der Waals surface area contributed by atoms with Gasteiger partial charge in [-0.1, -0.05) is 0 Å². The van der Waals surface area contributed by atoms with Crippen LogP contribution in [-0.2, 0) is 5.60 Å². The minimum atomic E-state index is -0.698. The van der Waals surface area contributed by atoms with Gasteiger partial charge in [-0.2, -0.15) is 11.3 Å². The zero-order valence-corrected chi connectivity index (χ0v) is 8.60. The van der Waals surface area contributed by atoms with Gasteiger partial charge < -0.3 is 10.4 Å². The Balaban J connectivity index is 2.19. The highest BCUT2D eigenvalue weighted by Gasteiger charge is 2.35. The zero-order valence-electron chi connectivity index (χ0n) is 7.79. The molecule has 2 nitrogen and oxygen atoms in total. The van der Waals surface area contributed by atoms with E-state index in [0.717, 1.165) is 18.5 Å². The van der Waals surface area contributed by atoms with Gasteiger partial charge in [0.05, 0.1) is 0 Å². The van der Waals surface area contributed by atoms with Crippen LogP contribution in [-0.4, -0.2) is 17.7 Å². The van der Waals surface area contributed by atoms with Crippen LogP contribution in [0.25, 0.3) is 0 Å². The van der Waals surface area contributed by atoms with E-state index in [9.17, 15) is 5.11 Å². The molecule has 1 aromatic rings. The van der Waals surface area contributed by atoms with Gasteiger partial charge in [0.1, 0.15) is 5.60 Å². The van der Waals surface area contributed by atoms with Crippen molar-refractivity contribution in [2.45, 2.75) is 31.4 Å². The lowest BCUT2D eigenvalue weighted by Gasteiger charge is -2.29. The van der Waals surface area contributed by atoms with Crippen molar-refractivity contribution in [1.82, 2.24) is 5.32 Å². The largest absolute Gasteiger partial charge is 0.384 e. The second kappa shape index (κ2) is 3.40. The lowest BCUT2D eigenvalue weighted by Crippen LogP contribution is -2.42. The molecule has 0 aliphatic carbocycles. The molecule has 72 valence electrons. The Bertz CT molecular complexity index is 262. The Morgan fingerprint density at radius 3 is 3.08 bits per heavy atom. The van der Waals surface area contributed by atoms with E-state index in [0.29, 0.717) is 0 Å². The van der Waals surface area contributed by atoms with E-state index in [4.69, 9.17) is 0 Å². The Morgan fingerprint density at radius 2 is 2.54 bits per heavy atom. The fraction of sp³-hybridized carbons (Fsp3) is 0.600. The minimum absolute atomic E-state index is 0.224. The molecule has 2 N–H and O–H groups in total. The van der Waals surface area contributed by atoms with Gasteiger partial charge in [0.2, 0.25) is 0 Å². The first kappa shape index (κ1) is 9.19. The molecule has 13 heavy (non-hydrogen) atoms. The lowest BCUT2D eigenvalue weighted by atomic mass is 9.89. The number of hydrogen-bond donors (Lipinski definition) is 2. The van der Waals surface area contributed by atoms with Crippen LogP contribution in [0, 0.1) is 0 Å². The molecule has 2 heterocycles. The fourth-order valence-electron chi connectivity index (χ4n) is 1.92. The average Bonchev–Trinajstić information content (AvgIpc) is 2.78. The molecule has 0 amide bonds. The van der Waals surface area contributed by atoms with E-state index in [1.807, 2.05) is 23.8 Å². The predicted octanol–water partition coefficient (Wildman–Crippen LogP) is 1.71. The molecule has 2 unspecified atom stereocenters. The highest BCUT2D eigenvalue weighted by atomic mass is 32.1. The quantitative estimate of drug-likeness (QED) is 0.756. The molecular weight excluding hydrogens is 182 g/mol. The van der Waals surface area contributed by atoms with Gasteiger partial charge in [0.25, 0.3) is 0 Å². The molecule has 3 heteroatoms. The molecule has 1 fully saturated rings. The van der Waals surface area contributed by atoms with E-state index in [1.165, 1.54) is 6.42 Å². The molecule has 0 radical (unpaired) electrons. The van der Waals surface area contributed by atoms with E-state index in [2.05, 4.69) is 5.32 Å². The van der Waals surface area contributed by atoms with E-state index >= 15 is 0 Å². The third-order valence-electron chi connectivity index (χ3n) is 2.84. The zero-order chi connectivity index (χ0) is 9.31. The van der Waals surface area contributed by atoms with Gasteiger partial charge in [-0.25, -0.2) is 0 Å². The second-order valence-corrected chi connectivity index (χ2v) is 4.59. The summed E-state index contributed by atoms with van der Waals surface area (Å²) in [5.41, 5.74) is 0.341.